The van der Waals surface area contributed by atoms with Crippen molar-refractivity contribution >= 4 is 11.6 Å². The highest BCUT2D eigenvalue weighted by atomic mass is 35.5. The first-order valence-electron chi connectivity index (χ1n) is 4.85. The number of benzene rings is 1. The molecule has 0 radical (unpaired) electrons. The number of fused-ring (bicyclic) bond motifs is 1. The molecule has 0 heterocycles. The number of hydrogen-bond donors (Lipinski definition) is 0. The summed E-state index contributed by atoms with van der Waals surface area (Å²) in [4.78, 5) is 0. The predicted molar refractivity (Wildman–Crippen MR) is 57.3 cm³/mol. The molecule has 1 aliphatic rings. The van der Waals surface area contributed by atoms with Crippen molar-refractivity contribution in [2.24, 2.45) is 0 Å². The molecular weight excluding hydrogens is 180 g/mol. The van der Waals surface area contributed by atoms with Gasteiger partial charge < -0.3 is 0 Å². The van der Waals surface area contributed by atoms with Gasteiger partial charge >= 0.3 is 0 Å². The van der Waals surface area contributed by atoms with Gasteiger partial charge in [0, 0.05) is 0 Å². The fourth-order valence-corrected chi connectivity index (χ4v) is 2.46. The summed E-state index contributed by atoms with van der Waals surface area (Å²) < 4.78 is 0. The molecule has 0 saturated heterocycles. The van der Waals surface area contributed by atoms with Crippen LogP contribution in [0, 0.1) is 0 Å². The normalized spacial score (nSPS) is 25.3. The summed E-state index contributed by atoms with van der Waals surface area (Å²) in [6.45, 7) is 4.60. The molecule has 0 spiro atoms. The summed E-state index contributed by atoms with van der Waals surface area (Å²) in [5.41, 5.74) is 3.07. The molecule has 70 valence electrons. The van der Waals surface area contributed by atoms with Gasteiger partial charge in [0.2, 0.25) is 0 Å². The number of halogens is 1. The molecule has 13 heavy (non-hydrogen) atoms. The minimum atomic E-state index is 0.226. The Morgan fingerprint density at radius 3 is 2.69 bits per heavy atom. The maximum Gasteiger partial charge on any atom is 0.0588 e. The van der Waals surface area contributed by atoms with Crippen molar-refractivity contribution in [3.63, 3.8) is 0 Å². The van der Waals surface area contributed by atoms with Crippen molar-refractivity contribution in [1.82, 2.24) is 0 Å². The van der Waals surface area contributed by atoms with Gasteiger partial charge in [-0.1, -0.05) is 38.1 Å². The lowest BCUT2D eigenvalue weighted by Gasteiger charge is -2.34. The summed E-state index contributed by atoms with van der Waals surface area (Å²) in [6.07, 6.45) is 2.30. The minimum absolute atomic E-state index is 0.226. The van der Waals surface area contributed by atoms with Crippen molar-refractivity contribution < 1.29 is 0 Å². The molecule has 1 aromatic carbocycles. The lowest BCUT2D eigenvalue weighted by atomic mass is 9.73. The molecule has 0 fully saturated rings. The predicted octanol–water partition coefficient (Wildman–Crippen LogP) is 4.04. The molecule has 0 aliphatic heterocycles. The quantitative estimate of drug-likeness (QED) is 0.547. The van der Waals surface area contributed by atoms with E-state index in [0.29, 0.717) is 5.41 Å². The van der Waals surface area contributed by atoms with Crippen LogP contribution in [-0.2, 0) is 5.41 Å². The lowest BCUT2D eigenvalue weighted by Crippen LogP contribution is -2.24. The molecule has 0 nitrogen and oxygen atoms in total. The van der Waals surface area contributed by atoms with E-state index in [4.69, 9.17) is 11.6 Å². The van der Waals surface area contributed by atoms with Crippen molar-refractivity contribution in [1.29, 1.82) is 0 Å². The second-order valence-electron chi connectivity index (χ2n) is 4.48. The van der Waals surface area contributed by atoms with Crippen LogP contribution in [0.25, 0.3) is 0 Å². The highest BCUT2D eigenvalue weighted by molar-refractivity contribution is 6.21. The van der Waals surface area contributed by atoms with E-state index in [-0.39, 0.29) is 5.38 Å². The van der Waals surface area contributed by atoms with Gasteiger partial charge in [-0.15, -0.1) is 11.6 Å². The van der Waals surface area contributed by atoms with E-state index >= 15 is 0 Å². The molecule has 0 bridgehead atoms. The number of rotatable bonds is 0. The van der Waals surface area contributed by atoms with Crippen LogP contribution in [0.2, 0.25) is 0 Å². The van der Waals surface area contributed by atoms with Gasteiger partial charge in [-0.2, -0.15) is 0 Å². The van der Waals surface area contributed by atoms with Crippen molar-refractivity contribution in [3.8, 4) is 0 Å². The zero-order chi connectivity index (χ0) is 9.47. The van der Waals surface area contributed by atoms with Gasteiger partial charge in [-0.25, -0.2) is 0 Å². The maximum absolute atomic E-state index is 6.27. The third-order valence-electron chi connectivity index (χ3n) is 3.05. The minimum Gasteiger partial charge on any atom is -0.118 e. The van der Waals surface area contributed by atoms with E-state index in [1.165, 1.54) is 17.5 Å². The summed E-state index contributed by atoms with van der Waals surface area (Å²) in [5, 5.41) is 0.226. The molecular formula is C12H15Cl. The zero-order valence-electron chi connectivity index (χ0n) is 8.18. The van der Waals surface area contributed by atoms with Gasteiger partial charge in [-0.3, -0.25) is 0 Å². The lowest BCUT2D eigenvalue weighted by molar-refractivity contribution is 0.426. The third kappa shape index (κ3) is 1.48. The van der Waals surface area contributed by atoms with Crippen LogP contribution in [0.1, 0.15) is 43.2 Å². The van der Waals surface area contributed by atoms with Crippen LogP contribution in [0.15, 0.2) is 24.3 Å². The average molecular weight is 195 g/mol. The fourth-order valence-electron chi connectivity index (χ4n) is 2.16. The molecule has 1 aromatic rings. The molecule has 1 heteroatoms. The second-order valence-corrected chi connectivity index (χ2v) is 5.00. The summed E-state index contributed by atoms with van der Waals surface area (Å²) in [6, 6.07) is 8.56. The van der Waals surface area contributed by atoms with Crippen LogP contribution in [0.5, 0.6) is 0 Å². The summed E-state index contributed by atoms with van der Waals surface area (Å²) >= 11 is 6.27. The van der Waals surface area contributed by atoms with E-state index in [9.17, 15) is 0 Å². The molecule has 1 atom stereocenters. The van der Waals surface area contributed by atoms with E-state index in [1.807, 2.05) is 0 Å². The van der Waals surface area contributed by atoms with Crippen LogP contribution in [-0.4, -0.2) is 0 Å². The Morgan fingerprint density at radius 2 is 2.00 bits per heavy atom. The molecule has 1 aliphatic carbocycles. The zero-order valence-corrected chi connectivity index (χ0v) is 8.93. The Kier molecular flexibility index (Phi) is 2.11. The summed E-state index contributed by atoms with van der Waals surface area (Å²) in [5.74, 6) is 0. The Morgan fingerprint density at radius 1 is 1.31 bits per heavy atom. The first-order chi connectivity index (χ1) is 6.11. The van der Waals surface area contributed by atoms with E-state index < -0.39 is 0 Å². The van der Waals surface area contributed by atoms with Crippen molar-refractivity contribution in [2.75, 3.05) is 0 Å². The first kappa shape index (κ1) is 9.08. The number of hydrogen-bond acceptors (Lipinski definition) is 0. The Balaban J connectivity index is 2.55. The van der Waals surface area contributed by atoms with E-state index in [0.717, 1.165) is 6.42 Å². The van der Waals surface area contributed by atoms with E-state index in [2.05, 4.69) is 38.1 Å². The second kappa shape index (κ2) is 3.02. The standard InChI is InChI=1S/C12H15Cl/c1-12(2)8-7-11(13)9-5-3-4-6-10(9)12/h3-6,11H,7-8H2,1-2H3. The SMILES string of the molecule is CC1(C)CCC(Cl)c2ccccc21. The van der Waals surface area contributed by atoms with Gasteiger partial charge in [0.1, 0.15) is 0 Å². The maximum atomic E-state index is 6.27. The van der Waals surface area contributed by atoms with Crippen molar-refractivity contribution in [2.45, 2.75) is 37.5 Å². The largest absolute Gasteiger partial charge is 0.118 e. The Labute approximate surface area is 84.9 Å². The third-order valence-corrected chi connectivity index (χ3v) is 3.50. The van der Waals surface area contributed by atoms with Crippen LogP contribution >= 0.6 is 11.6 Å². The Bertz CT molecular complexity index is 315. The molecule has 0 amide bonds. The average Bonchev–Trinajstić information content (AvgIpc) is 2.13. The number of alkyl halides is 1. The van der Waals surface area contributed by atoms with Crippen LogP contribution in [0.4, 0.5) is 0 Å². The smallest absolute Gasteiger partial charge is 0.0588 e. The topological polar surface area (TPSA) is 0 Å². The molecule has 0 saturated carbocycles. The van der Waals surface area contributed by atoms with E-state index in [1.54, 1.807) is 0 Å². The summed E-state index contributed by atoms with van der Waals surface area (Å²) in [7, 11) is 0. The van der Waals surface area contributed by atoms with Crippen LogP contribution < -0.4 is 0 Å². The van der Waals surface area contributed by atoms with Gasteiger partial charge in [0.25, 0.3) is 0 Å². The van der Waals surface area contributed by atoms with Gasteiger partial charge in [0.15, 0.2) is 0 Å². The Hall–Kier alpha value is -0.490. The fraction of sp³-hybridized carbons (Fsp3) is 0.500. The molecule has 1 unspecified atom stereocenters. The highest BCUT2D eigenvalue weighted by Gasteiger charge is 2.30. The van der Waals surface area contributed by atoms with Crippen LogP contribution in [0.3, 0.4) is 0 Å². The molecule has 0 aromatic heterocycles. The van der Waals surface area contributed by atoms with Gasteiger partial charge in [-0.05, 0) is 29.4 Å². The van der Waals surface area contributed by atoms with Crippen molar-refractivity contribution in [3.05, 3.63) is 35.4 Å². The molecule has 2 rings (SSSR count). The monoisotopic (exact) mass is 194 g/mol. The van der Waals surface area contributed by atoms with Gasteiger partial charge in [0.05, 0.1) is 5.38 Å². The first-order valence-corrected chi connectivity index (χ1v) is 5.28. The molecule has 0 N–H and O–H groups in total. The highest BCUT2D eigenvalue weighted by Crippen LogP contribution is 2.43.